The molecule has 1 aromatic heterocycles. The lowest BCUT2D eigenvalue weighted by Crippen LogP contribution is -2.37. The van der Waals surface area contributed by atoms with Gasteiger partial charge in [0, 0.05) is 19.2 Å². The van der Waals surface area contributed by atoms with Crippen LogP contribution in [0.5, 0.6) is 0 Å². The highest BCUT2D eigenvalue weighted by atomic mass is 19.1. The predicted molar refractivity (Wildman–Crippen MR) is 82.3 cm³/mol. The number of rotatable bonds is 1. The number of nitrogens with one attached hydrogen (secondary N) is 1. The molecule has 23 heavy (non-hydrogen) atoms. The van der Waals surface area contributed by atoms with Gasteiger partial charge in [0.1, 0.15) is 5.60 Å². The number of halogens is 1. The van der Waals surface area contributed by atoms with Crippen LogP contribution in [0.1, 0.15) is 17.5 Å². The Morgan fingerprint density at radius 1 is 1.35 bits per heavy atom. The summed E-state index contributed by atoms with van der Waals surface area (Å²) in [6, 6.07) is 9.23. The van der Waals surface area contributed by atoms with Crippen LogP contribution in [-0.4, -0.2) is 29.0 Å². The van der Waals surface area contributed by atoms with Crippen molar-refractivity contribution in [1.82, 2.24) is 9.88 Å². The van der Waals surface area contributed by atoms with Gasteiger partial charge < -0.3 is 15.0 Å². The lowest BCUT2D eigenvalue weighted by atomic mass is 9.92. The standard InChI is InChI=1S/C17H16FN3O2/c18-14-9-19-7-5-15(14)20-16(22)21-8-6-17(11-21)13-4-2-1-3-12(13)10-23-17/h1-5,7,9H,6,8,10-11H2,(H,19,20,22). The maximum Gasteiger partial charge on any atom is 0.322 e. The Morgan fingerprint density at radius 2 is 2.22 bits per heavy atom. The maximum atomic E-state index is 13.6. The Labute approximate surface area is 133 Å². The normalized spacial score (nSPS) is 22.4. The van der Waals surface area contributed by atoms with Gasteiger partial charge in [-0.15, -0.1) is 0 Å². The van der Waals surface area contributed by atoms with Crippen molar-refractivity contribution in [3.8, 4) is 0 Å². The van der Waals surface area contributed by atoms with Gasteiger partial charge in [-0.2, -0.15) is 0 Å². The van der Waals surface area contributed by atoms with Crippen LogP contribution in [0.25, 0.3) is 0 Å². The number of carbonyl (C=O) groups excluding carboxylic acids is 1. The summed E-state index contributed by atoms with van der Waals surface area (Å²) in [5, 5.41) is 2.60. The number of hydrogen-bond acceptors (Lipinski definition) is 3. The molecule has 2 aliphatic rings. The van der Waals surface area contributed by atoms with Gasteiger partial charge >= 0.3 is 6.03 Å². The first-order chi connectivity index (χ1) is 11.2. The summed E-state index contributed by atoms with van der Waals surface area (Å²) in [7, 11) is 0. The van der Waals surface area contributed by atoms with Crippen LogP contribution >= 0.6 is 0 Å². The Kier molecular flexibility index (Phi) is 3.27. The van der Waals surface area contributed by atoms with Gasteiger partial charge in [-0.05, 0) is 17.2 Å². The molecule has 1 spiro atoms. The summed E-state index contributed by atoms with van der Waals surface area (Å²) in [4.78, 5) is 17.7. The minimum atomic E-state index is -0.544. The lowest BCUT2D eigenvalue weighted by molar-refractivity contribution is -0.0269. The molecule has 2 amide bonds. The van der Waals surface area contributed by atoms with E-state index in [0.29, 0.717) is 19.7 Å². The van der Waals surface area contributed by atoms with E-state index in [0.717, 1.165) is 18.2 Å². The van der Waals surface area contributed by atoms with Crippen LogP contribution in [0.15, 0.2) is 42.7 Å². The fraction of sp³-hybridized carbons (Fsp3) is 0.294. The van der Waals surface area contributed by atoms with E-state index in [1.807, 2.05) is 12.1 Å². The lowest BCUT2D eigenvalue weighted by Gasteiger charge is -2.25. The largest absolute Gasteiger partial charge is 0.364 e. The van der Waals surface area contributed by atoms with Gasteiger partial charge in [0.05, 0.1) is 25.0 Å². The van der Waals surface area contributed by atoms with Gasteiger partial charge in [-0.1, -0.05) is 24.3 Å². The van der Waals surface area contributed by atoms with Crippen molar-refractivity contribution in [2.75, 3.05) is 18.4 Å². The Bertz CT molecular complexity index is 767. The van der Waals surface area contributed by atoms with Crippen LogP contribution in [0.3, 0.4) is 0 Å². The molecule has 118 valence electrons. The zero-order valence-corrected chi connectivity index (χ0v) is 12.5. The first-order valence-corrected chi connectivity index (χ1v) is 7.56. The summed E-state index contributed by atoms with van der Waals surface area (Å²) in [6.07, 6.45) is 3.27. The molecule has 1 N–H and O–H groups in total. The third-order valence-electron chi connectivity index (χ3n) is 4.55. The predicted octanol–water partition coefficient (Wildman–Crippen LogP) is 2.88. The quantitative estimate of drug-likeness (QED) is 0.881. The molecule has 4 rings (SSSR count). The fourth-order valence-corrected chi connectivity index (χ4v) is 3.35. The van der Waals surface area contributed by atoms with Gasteiger partial charge in [0.25, 0.3) is 0 Å². The van der Waals surface area contributed by atoms with Crippen molar-refractivity contribution in [2.24, 2.45) is 0 Å². The number of hydrogen-bond donors (Lipinski definition) is 1. The number of carbonyl (C=O) groups is 1. The first-order valence-electron chi connectivity index (χ1n) is 7.56. The van der Waals surface area contributed by atoms with Crippen LogP contribution in [0.4, 0.5) is 14.9 Å². The minimum Gasteiger partial charge on any atom is -0.364 e. The summed E-state index contributed by atoms with van der Waals surface area (Å²) in [5.41, 5.74) is 2.05. The summed E-state index contributed by atoms with van der Waals surface area (Å²) in [6.45, 7) is 1.63. The monoisotopic (exact) mass is 313 g/mol. The average molecular weight is 313 g/mol. The van der Waals surface area contributed by atoms with Crippen molar-refractivity contribution in [2.45, 2.75) is 18.6 Å². The van der Waals surface area contributed by atoms with Crippen molar-refractivity contribution < 1.29 is 13.9 Å². The van der Waals surface area contributed by atoms with E-state index in [1.54, 1.807) is 4.90 Å². The number of amides is 2. The molecule has 0 aliphatic carbocycles. The van der Waals surface area contributed by atoms with E-state index in [4.69, 9.17) is 4.74 Å². The van der Waals surface area contributed by atoms with E-state index in [1.165, 1.54) is 17.8 Å². The SMILES string of the molecule is O=C(Nc1ccncc1F)N1CCC2(C1)OCc1ccccc12. The van der Waals surface area contributed by atoms with E-state index in [9.17, 15) is 9.18 Å². The molecule has 5 nitrogen and oxygen atoms in total. The number of likely N-dealkylation sites (tertiary alicyclic amines) is 1. The molecular weight excluding hydrogens is 297 g/mol. The number of aromatic nitrogens is 1. The van der Waals surface area contributed by atoms with Crippen molar-refractivity contribution >= 4 is 11.7 Å². The number of anilines is 1. The highest BCUT2D eigenvalue weighted by Gasteiger charge is 2.46. The molecule has 1 fully saturated rings. The third-order valence-corrected chi connectivity index (χ3v) is 4.55. The molecule has 0 bridgehead atoms. The molecular formula is C17H16FN3O2. The zero-order chi connectivity index (χ0) is 15.9. The summed E-state index contributed by atoms with van der Waals surface area (Å²) in [5.74, 6) is -0.544. The number of fused-ring (bicyclic) bond motifs is 2. The fourth-order valence-electron chi connectivity index (χ4n) is 3.35. The van der Waals surface area contributed by atoms with E-state index in [2.05, 4.69) is 22.4 Å². The first kappa shape index (κ1) is 14.1. The second-order valence-corrected chi connectivity index (χ2v) is 5.90. The van der Waals surface area contributed by atoms with Gasteiger partial charge in [0.2, 0.25) is 0 Å². The number of pyridine rings is 1. The number of urea groups is 1. The Hall–Kier alpha value is -2.47. The smallest absolute Gasteiger partial charge is 0.322 e. The molecule has 1 atom stereocenters. The molecule has 1 saturated heterocycles. The number of ether oxygens (including phenoxy) is 1. The van der Waals surface area contributed by atoms with Gasteiger partial charge in [0.15, 0.2) is 5.82 Å². The maximum absolute atomic E-state index is 13.6. The molecule has 3 heterocycles. The number of benzene rings is 1. The van der Waals surface area contributed by atoms with E-state index < -0.39 is 11.4 Å². The Morgan fingerprint density at radius 3 is 3.09 bits per heavy atom. The summed E-state index contributed by atoms with van der Waals surface area (Å²) >= 11 is 0. The Balaban J connectivity index is 1.51. The second kappa shape index (κ2) is 5.31. The molecule has 2 aromatic rings. The van der Waals surface area contributed by atoms with Crippen LogP contribution in [0, 0.1) is 5.82 Å². The zero-order valence-electron chi connectivity index (χ0n) is 12.5. The number of nitrogens with zero attached hydrogens (tertiary/aromatic N) is 2. The third kappa shape index (κ3) is 2.35. The molecule has 2 aliphatic heterocycles. The minimum absolute atomic E-state index is 0.138. The van der Waals surface area contributed by atoms with Crippen molar-refractivity contribution in [3.63, 3.8) is 0 Å². The summed E-state index contributed by atoms with van der Waals surface area (Å²) < 4.78 is 19.6. The highest BCUT2D eigenvalue weighted by Crippen LogP contribution is 2.43. The van der Waals surface area contributed by atoms with Gasteiger partial charge in [-0.3, -0.25) is 4.98 Å². The molecule has 6 heteroatoms. The van der Waals surface area contributed by atoms with Gasteiger partial charge in [-0.25, -0.2) is 9.18 Å². The van der Waals surface area contributed by atoms with Crippen LogP contribution < -0.4 is 5.32 Å². The molecule has 0 radical (unpaired) electrons. The second-order valence-electron chi connectivity index (χ2n) is 5.90. The molecule has 1 aromatic carbocycles. The molecule has 0 saturated carbocycles. The topological polar surface area (TPSA) is 54.5 Å². The molecule has 1 unspecified atom stereocenters. The van der Waals surface area contributed by atoms with E-state index in [-0.39, 0.29) is 11.7 Å². The van der Waals surface area contributed by atoms with Crippen molar-refractivity contribution in [3.05, 3.63) is 59.7 Å². The van der Waals surface area contributed by atoms with Crippen LogP contribution in [0.2, 0.25) is 0 Å². The van der Waals surface area contributed by atoms with E-state index >= 15 is 0 Å². The van der Waals surface area contributed by atoms with Crippen molar-refractivity contribution in [1.29, 1.82) is 0 Å². The average Bonchev–Trinajstić information content (AvgIpc) is 3.16. The highest BCUT2D eigenvalue weighted by molar-refractivity contribution is 5.89. The van der Waals surface area contributed by atoms with Crippen LogP contribution in [-0.2, 0) is 16.9 Å².